The molecule has 2 nitrogen and oxygen atoms in total. The second-order valence-electron chi connectivity index (χ2n) is 1.23. The third kappa shape index (κ3) is 0.489. The van der Waals surface area contributed by atoms with Crippen LogP contribution < -0.4 is 0 Å². The van der Waals surface area contributed by atoms with Crippen LogP contribution in [0.5, 0.6) is 0 Å². The Hall–Kier alpha value is -0.573. The van der Waals surface area contributed by atoms with E-state index < -0.39 is 0 Å². The van der Waals surface area contributed by atoms with E-state index in [9.17, 15) is 0 Å². The molecule has 0 aliphatic rings. The molecule has 0 atom stereocenters. The Morgan fingerprint density at radius 2 is 2.50 bits per heavy atom. The van der Waals surface area contributed by atoms with E-state index in [1.807, 2.05) is 16.8 Å². The molecule has 0 aliphatic heterocycles. The standard InChI is InChI=1S/C3H6N2Si/c6-5-2-1-4-3-5/h1-3H,6H3. The lowest BCUT2D eigenvalue weighted by Crippen LogP contribution is -1.81. The van der Waals surface area contributed by atoms with E-state index in [2.05, 4.69) is 4.98 Å². The first-order valence-corrected chi connectivity index (χ1v) is 2.71. The van der Waals surface area contributed by atoms with Gasteiger partial charge >= 0.3 is 0 Å². The van der Waals surface area contributed by atoms with Crippen LogP contribution >= 0.6 is 0 Å². The molecule has 6 heavy (non-hydrogen) atoms. The van der Waals surface area contributed by atoms with Crippen LogP contribution in [0.4, 0.5) is 0 Å². The fourth-order valence-electron chi connectivity index (χ4n) is 0.326. The van der Waals surface area contributed by atoms with Gasteiger partial charge in [0.15, 0.2) is 0 Å². The van der Waals surface area contributed by atoms with Gasteiger partial charge in [-0.1, -0.05) is 0 Å². The van der Waals surface area contributed by atoms with Gasteiger partial charge in [0, 0.05) is 12.4 Å². The van der Waals surface area contributed by atoms with Crippen LogP contribution in [0.3, 0.4) is 0 Å². The van der Waals surface area contributed by atoms with Crippen molar-refractivity contribution in [1.82, 2.24) is 9.22 Å². The maximum atomic E-state index is 3.82. The van der Waals surface area contributed by atoms with E-state index >= 15 is 0 Å². The smallest absolute Gasteiger partial charge is 0.114 e. The zero-order valence-electron chi connectivity index (χ0n) is 3.63. The molecule has 0 unspecified atom stereocenters. The number of hydrogen-bond acceptors (Lipinski definition) is 1. The van der Waals surface area contributed by atoms with Gasteiger partial charge in [-0.2, -0.15) is 0 Å². The molecular weight excluding hydrogens is 92.1 g/mol. The number of imidazole rings is 1. The van der Waals surface area contributed by atoms with E-state index in [0.29, 0.717) is 0 Å². The van der Waals surface area contributed by atoms with Gasteiger partial charge in [0.25, 0.3) is 0 Å². The van der Waals surface area contributed by atoms with Crippen LogP contribution in [0.25, 0.3) is 0 Å². The maximum absolute atomic E-state index is 3.82. The average molecular weight is 98.2 g/mol. The summed E-state index contributed by atoms with van der Waals surface area (Å²) in [5.41, 5.74) is 0. The summed E-state index contributed by atoms with van der Waals surface area (Å²) in [7, 11) is 1.05. The van der Waals surface area contributed by atoms with Gasteiger partial charge in [-0.15, -0.1) is 0 Å². The van der Waals surface area contributed by atoms with Gasteiger partial charge in [-0.25, -0.2) is 4.98 Å². The highest BCUT2D eigenvalue weighted by Gasteiger charge is 1.69. The van der Waals surface area contributed by atoms with Gasteiger partial charge in [-0.3, -0.25) is 0 Å². The molecule has 3 heteroatoms. The topological polar surface area (TPSA) is 17.8 Å². The zero-order chi connectivity index (χ0) is 4.41. The van der Waals surface area contributed by atoms with Crippen LogP contribution in [0.15, 0.2) is 18.7 Å². The van der Waals surface area contributed by atoms with Gasteiger partial charge in [-0.05, 0) is 0 Å². The molecule has 0 aromatic carbocycles. The Kier molecular flexibility index (Phi) is 0.758. The van der Waals surface area contributed by atoms with Crippen LogP contribution in [0.1, 0.15) is 0 Å². The molecule has 0 aliphatic carbocycles. The Morgan fingerprint density at radius 3 is 2.67 bits per heavy atom. The summed E-state index contributed by atoms with van der Waals surface area (Å²) in [4.78, 5) is 3.82. The van der Waals surface area contributed by atoms with Crippen molar-refractivity contribution < 1.29 is 0 Å². The molecule has 0 N–H and O–H groups in total. The highest BCUT2D eigenvalue weighted by Crippen LogP contribution is 1.72. The number of rotatable bonds is 0. The summed E-state index contributed by atoms with van der Waals surface area (Å²) in [6, 6.07) is 0. The fourth-order valence-corrected chi connectivity index (χ4v) is 0.592. The van der Waals surface area contributed by atoms with Crippen molar-refractivity contribution in [2.75, 3.05) is 0 Å². The van der Waals surface area contributed by atoms with Crippen molar-refractivity contribution >= 4 is 10.4 Å². The molecule has 1 aromatic rings. The lowest BCUT2D eigenvalue weighted by atomic mass is 11.0. The van der Waals surface area contributed by atoms with E-state index in [-0.39, 0.29) is 0 Å². The van der Waals surface area contributed by atoms with Crippen molar-refractivity contribution in [3.8, 4) is 0 Å². The number of aromatic nitrogens is 2. The average Bonchev–Trinajstić information content (AvgIpc) is 1.86. The van der Waals surface area contributed by atoms with Crippen LogP contribution in [0, 0.1) is 0 Å². The first-order valence-electron chi connectivity index (χ1n) is 1.81. The minimum absolute atomic E-state index is 1.05. The van der Waals surface area contributed by atoms with Crippen LogP contribution in [-0.2, 0) is 0 Å². The van der Waals surface area contributed by atoms with Crippen molar-refractivity contribution in [3.63, 3.8) is 0 Å². The third-order valence-electron chi connectivity index (χ3n) is 0.637. The van der Waals surface area contributed by atoms with E-state index in [1.54, 1.807) is 6.20 Å². The Balaban J connectivity index is 3.05. The Bertz CT molecular complexity index is 112. The van der Waals surface area contributed by atoms with Crippen LogP contribution in [-0.4, -0.2) is 19.6 Å². The second-order valence-corrected chi connectivity index (χ2v) is 2.26. The van der Waals surface area contributed by atoms with Gasteiger partial charge in [0.2, 0.25) is 0 Å². The molecule has 0 saturated heterocycles. The maximum Gasteiger partial charge on any atom is 0.114 e. The molecule has 1 aromatic heterocycles. The van der Waals surface area contributed by atoms with Gasteiger partial charge in [0.1, 0.15) is 10.4 Å². The molecule has 1 heterocycles. The third-order valence-corrected chi connectivity index (χ3v) is 1.17. The number of hydrogen-bond donors (Lipinski definition) is 0. The fraction of sp³-hybridized carbons (Fsp3) is 0. The van der Waals surface area contributed by atoms with Crippen LogP contribution in [0.2, 0.25) is 0 Å². The second kappa shape index (κ2) is 1.26. The Labute approximate surface area is 39.3 Å². The monoisotopic (exact) mass is 98.0 g/mol. The van der Waals surface area contributed by atoms with Crippen molar-refractivity contribution in [3.05, 3.63) is 18.7 Å². The lowest BCUT2D eigenvalue weighted by molar-refractivity contribution is 1.21. The molecule has 0 fully saturated rings. The van der Waals surface area contributed by atoms with Gasteiger partial charge < -0.3 is 4.23 Å². The zero-order valence-corrected chi connectivity index (χ0v) is 5.63. The molecular formula is C3H6N2Si. The minimum Gasteiger partial charge on any atom is -0.374 e. The van der Waals surface area contributed by atoms with E-state index in [0.717, 1.165) is 10.4 Å². The summed E-state index contributed by atoms with van der Waals surface area (Å²) in [5.74, 6) is 0. The lowest BCUT2D eigenvalue weighted by Gasteiger charge is -1.77. The van der Waals surface area contributed by atoms with Crippen molar-refractivity contribution in [2.24, 2.45) is 0 Å². The minimum atomic E-state index is 1.05. The molecule has 0 spiro atoms. The van der Waals surface area contributed by atoms with Crippen molar-refractivity contribution in [1.29, 1.82) is 0 Å². The molecule has 0 radical (unpaired) electrons. The SMILES string of the molecule is [SiH3]n1ccnc1. The first-order chi connectivity index (χ1) is 2.89. The van der Waals surface area contributed by atoms with E-state index in [4.69, 9.17) is 0 Å². The van der Waals surface area contributed by atoms with Gasteiger partial charge in [0.05, 0.1) is 6.33 Å². The summed E-state index contributed by atoms with van der Waals surface area (Å²) >= 11 is 0. The summed E-state index contributed by atoms with van der Waals surface area (Å²) in [6.45, 7) is 0. The quantitative estimate of drug-likeness (QED) is 0.381. The highest BCUT2D eigenvalue weighted by molar-refractivity contribution is 6.06. The largest absolute Gasteiger partial charge is 0.374 e. The molecule has 0 bridgehead atoms. The predicted molar refractivity (Wildman–Crippen MR) is 27.6 cm³/mol. The molecule has 32 valence electrons. The molecule has 0 saturated carbocycles. The summed E-state index contributed by atoms with van der Waals surface area (Å²) in [6.07, 6.45) is 5.55. The predicted octanol–water partition coefficient (Wildman–Crippen LogP) is -0.988. The summed E-state index contributed by atoms with van der Waals surface area (Å²) < 4.78 is 2.03. The number of nitrogens with zero attached hydrogens (tertiary/aromatic N) is 2. The Morgan fingerprint density at radius 1 is 1.67 bits per heavy atom. The normalized spacial score (nSPS) is 9.33. The first kappa shape index (κ1) is 3.61. The highest BCUT2D eigenvalue weighted by atomic mass is 28.2. The molecule has 0 amide bonds. The van der Waals surface area contributed by atoms with E-state index in [1.165, 1.54) is 0 Å². The van der Waals surface area contributed by atoms with Crippen molar-refractivity contribution in [2.45, 2.75) is 0 Å². The summed E-state index contributed by atoms with van der Waals surface area (Å²) in [5, 5.41) is 0. The molecule has 1 rings (SSSR count).